The summed E-state index contributed by atoms with van der Waals surface area (Å²) >= 11 is 0. The first kappa shape index (κ1) is 15.9. The number of aromatic amines is 1. The number of anilines is 1. The predicted octanol–water partition coefficient (Wildman–Crippen LogP) is 3.19. The van der Waals surface area contributed by atoms with Crippen molar-refractivity contribution in [3.63, 3.8) is 0 Å². The van der Waals surface area contributed by atoms with Crippen LogP contribution in [0, 0.1) is 12.5 Å². The van der Waals surface area contributed by atoms with Crippen molar-refractivity contribution < 1.29 is 9.18 Å². The summed E-state index contributed by atoms with van der Waals surface area (Å²) in [5, 5.41) is 0.931. The summed E-state index contributed by atoms with van der Waals surface area (Å²) in [6, 6.07) is 2.20. The number of amides is 1. The molecule has 0 atom stereocenters. The lowest BCUT2D eigenvalue weighted by Gasteiger charge is -2.43. The van der Waals surface area contributed by atoms with E-state index < -0.39 is 0 Å². The molecule has 3 heterocycles. The zero-order valence-corrected chi connectivity index (χ0v) is 13.9. The van der Waals surface area contributed by atoms with Crippen LogP contribution in [0.5, 0.6) is 0 Å². The number of halogens is 1. The highest BCUT2D eigenvalue weighted by Gasteiger charge is 2.37. The number of alkyl halides is 1. The summed E-state index contributed by atoms with van der Waals surface area (Å²) in [6.07, 6.45) is 6.97. The van der Waals surface area contributed by atoms with Crippen LogP contribution >= 0.6 is 0 Å². The molecule has 1 saturated carbocycles. The van der Waals surface area contributed by atoms with Crippen molar-refractivity contribution in [3.05, 3.63) is 35.4 Å². The molecule has 130 valence electrons. The third-order valence-electron chi connectivity index (χ3n) is 5.40. The van der Waals surface area contributed by atoms with Crippen molar-refractivity contribution in [2.45, 2.75) is 31.7 Å². The third kappa shape index (κ3) is 2.62. The molecule has 0 saturated heterocycles. The predicted molar refractivity (Wildman–Crippen MR) is 92.8 cm³/mol. The fourth-order valence-corrected chi connectivity index (χ4v) is 4.05. The first-order valence-corrected chi connectivity index (χ1v) is 8.64. The SMILES string of the molecule is [C-]#[N+]CN1CN(C2CCC(CF)CC2)c2c(cnc3[nH]ccc23)C1=O. The van der Waals surface area contributed by atoms with Gasteiger partial charge in [0.15, 0.2) is 0 Å². The maximum atomic E-state index is 13.0. The van der Waals surface area contributed by atoms with Crippen molar-refractivity contribution in [2.24, 2.45) is 5.92 Å². The summed E-state index contributed by atoms with van der Waals surface area (Å²) in [6.45, 7) is 7.33. The zero-order chi connectivity index (χ0) is 17.4. The minimum absolute atomic E-state index is 0.0414. The average molecular weight is 341 g/mol. The molecule has 7 heteroatoms. The third-order valence-corrected chi connectivity index (χ3v) is 5.40. The van der Waals surface area contributed by atoms with Crippen molar-refractivity contribution in [1.82, 2.24) is 14.9 Å². The van der Waals surface area contributed by atoms with Gasteiger partial charge in [0.05, 0.1) is 17.9 Å². The number of carbonyl (C=O) groups excluding carboxylic acids is 1. The van der Waals surface area contributed by atoms with Crippen LogP contribution in [0.2, 0.25) is 0 Å². The van der Waals surface area contributed by atoms with Crippen LogP contribution in [0.4, 0.5) is 10.1 Å². The summed E-state index contributed by atoms with van der Waals surface area (Å²) < 4.78 is 13.0. The number of nitrogens with one attached hydrogen (secondary N) is 1. The van der Waals surface area contributed by atoms with Gasteiger partial charge >= 0.3 is 0 Å². The standard InChI is InChI=1S/C18H20FN5O/c1-20-10-23-11-24(13-4-2-12(8-19)3-5-13)16-14-6-7-21-17(14)22-9-15(16)18(23)25/h6-7,9,12-13H,2-5,8,10-11H2,(H,21,22). The van der Waals surface area contributed by atoms with Crippen molar-refractivity contribution in [3.8, 4) is 0 Å². The van der Waals surface area contributed by atoms with Gasteiger partial charge in [-0.2, -0.15) is 0 Å². The largest absolute Gasteiger partial charge is 0.349 e. The monoisotopic (exact) mass is 341 g/mol. The number of hydrogen-bond acceptors (Lipinski definition) is 3. The molecule has 0 spiro atoms. The number of hydrogen-bond donors (Lipinski definition) is 1. The minimum atomic E-state index is -0.252. The van der Waals surface area contributed by atoms with Crippen LogP contribution in [0.25, 0.3) is 15.9 Å². The highest BCUT2D eigenvalue weighted by atomic mass is 19.1. The molecule has 0 radical (unpaired) electrons. The number of carbonyl (C=O) groups is 1. The van der Waals surface area contributed by atoms with Gasteiger partial charge in [-0.05, 0) is 37.7 Å². The van der Waals surface area contributed by atoms with Gasteiger partial charge < -0.3 is 9.88 Å². The van der Waals surface area contributed by atoms with Crippen LogP contribution in [-0.2, 0) is 0 Å². The minimum Gasteiger partial charge on any atom is -0.349 e. The summed E-state index contributed by atoms with van der Waals surface area (Å²) in [4.78, 5) is 27.4. The van der Waals surface area contributed by atoms with Gasteiger partial charge in [0, 0.05) is 23.8 Å². The van der Waals surface area contributed by atoms with Crippen LogP contribution < -0.4 is 4.90 Å². The van der Waals surface area contributed by atoms with E-state index in [1.165, 1.54) is 0 Å². The Labute approximate surface area is 145 Å². The molecule has 0 aromatic carbocycles. The molecule has 0 unspecified atom stereocenters. The molecule has 2 aromatic rings. The molecule has 1 fully saturated rings. The number of nitrogens with zero attached hydrogens (tertiary/aromatic N) is 4. The Morgan fingerprint density at radius 3 is 2.88 bits per heavy atom. The van der Waals surface area contributed by atoms with Gasteiger partial charge in [-0.3, -0.25) is 18.9 Å². The van der Waals surface area contributed by atoms with Crippen LogP contribution in [0.15, 0.2) is 18.5 Å². The lowest BCUT2D eigenvalue weighted by Crippen LogP contribution is -2.51. The Kier molecular flexibility index (Phi) is 4.04. The lowest BCUT2D eigenvalue weighted by molar-refractivity contribution is 0.0750. The number of pyridine rings is 1. The quantitative estimate of drug-likeness (QED) is 0.873. The van der Waals surface area contributed by atoms with Gasteiger partial charge in [0.25, 0.3) is 12.6 Å². The Morgan fingerprint density at radius 2 is 2.16 bits per heavy atom. The fourth-order valence-electron chi connectivity index (χ4n) is 4.05. The summed E-state index contributed by atoms with van der Waals surface area (Å²) in [5.74, 6) is 0.0153. The zero-order valence-electron chi connectivity index (χ0n) is 13.9. The Morgan fingerprint density at radius 1 is 1.36 bits per heavy atom. The molecule has 4 rings (SSSR count). The molecule has 1 aliphatic carbocycles. The van der Waals surface area contributed by atoms with Crippen molar-refractivity contribution >= 4 is 22.6 Å². The number of fused-ring (bicyclic) bond motifs is 3. The van der Waals surface area contributed by atoms with E-state index in [1.54, 1.807) is 11.1 Å². The first-order chi connectivity index (χ1) is 12.2. The molecule has 1 aliphatic heterocycles. The van der Waals surface area contributed by atoms with Gasteiger partial charge in [0.1, 0.15) is 12.3 Å². The molecule has 1 amide bonds. The van der Waals surface area contributed by atoms with Gasteiger partial charge in [-0.25, -0.2) is 11.6 Å². The van der Waals surface area contributed by atoms with Crippen molar-refractivity contribution in [2.75, 3.05) is 24.9 Å². The maximum Gasteiger partial charge on any atom is 0.293 e. The van der Waals surface area contributed by atoms with Crippen molar-refractivity contribution in [1.29, 1.82) is 0 Å². The first-order valence-electron chi connectivity index (χ1n) is 8.64. The van der Waals surface area contributed by atoms with Crippen LogP contribution in [-0.4, -0.2) is 46.8 Å². The summed E-state index contributed by atoms with van der Waals surface area (Å²) in [5.41, 5.74) is 2.21. The van der Waals surface area contributed by atoms with E-state index in [0.717, 1.165) is 42.4 Å². The smallest absolute Gasteiger partial charge is 0.293 e. The van der Waals surface area contributed by atoms with Crippen LogP contribution in [0.1, 0.15) is 36.0 Å². The van der Waals surface area contributed by atoms with Gasteiger partial charge in [-0.1, -0.05) is 0 Å². The number of rotatable bonds is 3. The molecular formula is C18H20FN5O. The Balaban J connectivity index is 1.76. The molecule has 2 aliphatic rings. The Hall–Kier alpha value is -2.62. The highest BCUT2D eigenvalue weighted by molar-refractivity contribution is 6.08. The highest BCUT2D eigenvalue weighted by Crippen LogP contribution is 2.38. The van der Waals surface area contributed by atoms with E-state index in [2.05, 4.69) is 19.7 Å². The second-order valence-electron chi connectivity index (χ2n) is 6.85. The molecule has 2 aromatic heterocycles. The number of aromatic nitrogens is 2. The normalized spacial score (nSPS) is 23.6. The summed E-state index contributed by atoms with van der Waals surface area (Å²) in [7, 11) is 0. The molecular weight excluding hydrogens is 321 g/mol. The van der Waals surface area contributed by atoms with Gasteiger partial charge in [-0.15, -0.1) is 0 Å². The molecule has 0 bridgehead atoms. The van der Waals surface area contributed by atoms with E-state index in [-0.39, 0.29) is 31.2 Å². The fraction of sp³-hybridized carbons (Fsp3) is 0.500. The second-order valence-corrected chi connectivity index (χ2v) is 6.85. The second kappa shape index (κ2) is 6.36. The van der Waals surface area contributed by atoms with Crippen LogP contribution in [0.3, 0.4) is 0 Å². The molecule has 6 nitrogen and oxygen atoms in total. The lowest BCUT2D eigenvalue weighted by atomic mass is 9.85. The van der Waals surface area contributed by atoms with E-state index in [4.69, 9.17) is 6.57 Å². The molecule has 25 heavy (non-hydrogen) atoms. The van der Waals surface area contributed by atoms with E-state index in [1.807, 2.05) is 12.3 Å². The molecule has 1 N–H and O–H groups in total. The van der Waals surface area contributed by atoms with E-state index in [0.29, 0.717) is 12.2 Å². The average Bonchev–Trinajstić information content (AvgIpc) is 3.13. The number of H-pyrrole nitrogens is 1. The van der Waals surface area contributed by atoms with E-state index in [9.17, 15) is 9.18 Å². The Bertz CT molecular complexity index is 834. The van der Waals surface area contributed by atoms with E-state index >= 15 is 0 Å². The maximum absolute atomic E-state index is 13.0. The van der Waals surface area contributed by atoms with Gasteiger partial charge in [0.2, 0.25) is 0 Å². The topological polar surface area (TPSA) is 56.6 Å².